The summed E-state index contributed by atoms with van der Waals surface area (Å²) in [6.07, 6.45) is 1.79. The number of nitrogens with one attached hydrogen (secondary N) is 1. The van der Waals surface area contributed by atoms with Gasteiger partial charge in [0.05, 0.1) is 10.5 Å². The Balaban J connectivity index is 1.75. The van der Waals surface area contributed by atoms with Crippen molar-refractivity contribution in [2.75, 3.05) is 6.54 Å². The number of sulfonamides is 1. The van der Waals surface area contributed by atoms with Gasteiger partial charge in [-0.05, 0) is 49.4 Å². The fourth-order valence-corrected chi connectivity index (χ4v) is 4.69. The summed E-state index contributed by atoms with van der Waals surface area (Å²) in [6, 6.07) is 13.3. The van der Waals surface area contributed by atoms with E-state index in [1.54, 1.807) is 19.1 Å². The molecule has 0 unspecified atom stereocenters. The van der Waals surface area contributed by atoms with Gasteiger partial charge in [0, 0.05) is 13.0 Å². The molecule has 1 aliphatic carbocycles. The Bertz CT molecular complexity index is 861. The fraction of sp³-hybridized carbons (Fsp3) is 0.368. The van der Waals surface area contributed by atoms with Gasteiger partial charge in [0.1, 0.15) is 0 Å². The summed E-state index contributed by atoms with van der Waals surface area (Å²) in [4.78, 5) is 0.271. The largest absolute Gasteiger partial charge is 0.388 e. The molecule has 5 heteroatoms. The van der Waals surface area contributed by atoms with Crippen LogP contribution >= 0.6 is 0 Å². The predicted molar refractivity (Wildman–Crippen MR) is 94.5 cm³/mol. The van der Waals surface area contributed by atoms with Crippen molar-refractivity contribution >= 4 is 10.0 Å². The number of benzene rings is 2. The Morgan fingerprint density at radius 3 is 2.54 bits per heavy atom. The second kappa shape index (κ2) is 6.31. The summed E-state index contributed by atoms with van der Waals surface area (Å²) in [5.41, 5.74) is 3.02. The third-order valence-electron chi connectivity index (χ3n) is 4.71. The van der Waals surface area contributed by atoms with Crippen molar-refractivity contribution in [1.29, 1.82) is 0 Å². The molecule has 0 spiro atoms. The number of fused-ring (bicyclic) bond motifs is 1. The lowest BCUT2D eigenvalue weighted by Crippen LogP contribution is -2.46. The van der Waals surface area contributed by atoms with Crippen molar-refractivity contribution in [2.24, 2.45) is 0 Å². The van der Waals surface area contributed by atoms with Gasteiger partial charge in [0.2, 0.25) is 10.0 Å². The van der Waals surface area contributed by atoms with E-state index in [4.69, 9.17) is 0 Å². The zero-order valence-electron chi connectivity index (χ0n) is 14.0. The minimum atomic E-state index is -3.63. The molecule has 0 aliphatic heterocycles. The van der Waals surface area contributed by atoms with E-state index in [2.05, 4.69) is 10.8 Å². The molecule has 2 aromatic rings. The molecule has 0 heterocycles. The molecule has 0 aromatic heterocycles. The lowest BCUT2D eigenvalue weighted by molar-refractivity contribution is 0.0317. The molecule has 0 amide bonds. The second-order valence-corrected chi connectivity index (χ2v) is 8.50. The topological polar surface area (TPSA) is 66.4 Å². The first kappa shape index (κ1) is 17.1. The molecule has 1 aliphatic rings. The van der Waals surface area contributed by atoms with Gasteiger partial charge in [0.25, 0.3) is 0 Å². The average molecular weight is 345 g/mol. The molecule has 1 atom stereocenters. The molecular formula is C19H23NO3S. The van der Waals surface area contributed by atoms with Crippen LogP contribution in [0.5, 0.6) is 0 Å². The third-order valence-corrected chi connectivity index (χ3v) is 6.27. The van der Waals surface area contributed by atoms with Gasteiger partial charge in [-0.1, -0.05) is 42.0 Å². The molecule has 0 fully saturated rings. The Morgan fingerprint density at radius 1 is 1.12 bits per heavy atom. The summed E-state index contributed by atoms with van der Waals surface area (Å²) in [5.74, 6) is 0. The molecule has 0 saturated carbocycles. The van der Waals surface area contributed by atoms with Crippen LogP contribution in [0.1, 0.15) is 28.7 Å². The van der Waals surface area contributed by atoms with Gasteiger partial charge in [-0.2, -0.15) is 0 Å². The van der Waals surface area contributed by atoms with Crippen LogP contribution in [0.15, 0.2) is 47.4 Å². The van der Waals surface area contributed by atoms with Gasteiger partial charge in [-0.15, -0.1) is 0 Å². The third kappa shape index (κ3) is 3.53. The molecule has 3 rings (SSSR count). The van der Waals surface area contributed by atoms with Crippen LogP contribution < -0.4 is 4.72 Å². The molecule has 0 bridgehead atoms. The average Bonchev–Trinajstić information content (AvgIpc) is 2.53. The summed E-state index contributed by atoms with van der Waals surface area (Å²) in [7, 11) is -3.63. The molecular weight excluding hydrogens is 322 g/mol. The normalized spacial score (nSPS) is 20.6. The van der Waals surface area contributed by atoms with Crippen molar-refractivity contribution < 1.29 is 13.5 Å². The summed E-state index contributed by atoms with van der Waals surface area (Å²) < 4.78 is 27.7. The van der Waals surface area contributed by atoms with Crippen molar-refractivity contribution in [3.8, 4) is 0 Å². The van der Waals surface area contributed by atoms with E-state index in [1.165, 1.54) is 5.56 Å². The highest BCUT2D eigenvalue weighted by atomic mass is 32.2. The van der Waals surface area contributed by atoms with Crippen LogP contribution in [0.25, 0.3) is 0 Å². The summed E-state index contributed by atoms with van der Waals surface area (Å²) in [5, 5.41) is 10.8. The zero-order chi connectivity index (χ0) is 17.4. The van der Waals surface area contributed by atoms with Crippen LogP contribution in [0.2, 0.25) is 0 Å². The van der Waals surface area contributed by atoms with E-state index in [0.717, 1.165) is 17.5 Å². The van der Waals surface area contributed by atoms with E-state index in [1.807, 2.05) is 31.2 Å². The Kier molecular flexibility index (Phi) is 4.51. The van der Waals surface area contributed by atoms with Crippen molar-refractivity contribution in [3.63, 3.8) is 0 Å². The van der Waals surface area contributed by atoms with Gasteiger partial charge in [0.15, 0.2) is 0 Å². The number of hydrogen-bond acceptors (Lipinski definition) is 3. The number of aliphatic hydroxyl groups is 1. The molecule has 4 nitrogen and oxygen atoms in total. The lowest BCUT2D eigenvalue weighted by atomic mass is 9.80. The first-order valence-corrected chi connectivity index (χ1v) is 9.64. The number of rotatable bonds is 4. The summed E-state index contributed by atoms with van der Waals surface area (Å²) in [6.45, 7) is 3.74. The number of aryl methyl sites for hydroxylation is 3. The van der Waals surface area contributed by atoms with Crippen molar-refractivity contribution in [1.82, 2.24) is 4.72 Å². The lowest BCUT2D eigenvalue weighted by Gasteiger charge is -2.33. The van der Waals surface area contributed by atoms with Crippen LogP contribution in [0.4, 0.5) is 0 Å². The van der Waals surface area contributed by atoms with Gasteiger partial charge >= 0.3 is 0 Å². The molecule has 2 N–H and O–H groups in total. The second-order valence-electron chi connectivity index (χ2n) is 6.76. The highest BCUT2D eigenvalue weighted by Crippen LogP contribution is 2.28. The smallest absolute Gasteiger partial charge is 0.240 e. The Morgan fingerprint density at radius 2 is 1.83 bits per heavy atom. The molecule has 0 saturated heterocycles. The molecule has 2 aromatic carbocycles. The van der Waals surface area contributed by atoms with Crippen LogP contribution in [0.3, 0.4) is 0 Å². The first-order chi connectivity index (χ1) is 11.3. The van der Waals surface area contributed by atoms with E-state index >= 15 is 0 Å². The minimum absolute atomic E-state index is 0.0248. The van der Waals surface area contributed by atoms with Gasteiger partial charge in [-0.25, -0.2) is 13.1 Å². The zero-order valence-corrected chi connectivity index (χ0v) is 14.9. The fourth-order valence-electron chi connectivity index (χ4n) is 3.34. The maximum atomic E-state index is 12.6. The molecule has 128 valence electrons. The van der Waals surface area contributed by atoms with Crippen LogP contribution in [-0.2, 0) is 22.9 Å². The van der Waals surface area contributed by atoms with E-state index < -0.39 is 15.6 Å². The minimum Gasteiger partial charge on any atom is -0.388 e. The molecule has 24 heavy (non-hydrogen) atoms. The Labute approximate surface area is 143 Å². The summed E-state index contributed by atoms with van der Waals surface area (Å²) >= 11 is 0. The van der Waals surface area contributed by atoms with Crippen LogP contribution in [0, 0.1) is 13.8 Å². The first-order valence-electron chi connectivity index (χ1n) is 8.15. The standard InChI is InChI=1S/C19H23NO3S/c1-14-7-8-18(15(2)11-14)24(22,23)20-13-19(21)10-9-16-5-3-4-6-17(16)12-19/h3-8,11,20-21H,9-10,12-13H2,1-2H3/t19-/m0/s1. The van der Waals surface area contributed by atoms with E-state index in [9.17, 15) is 13.5 Å². The van der Waals surface area contributed by atoms with Crippen LogP contribution in [-0.4, -0.2) is 25.7 Å². The maximum absolute atomic E-state index is 12.6. The van der Waals surface area contributed by atoms with Crippen molar-refractivity contribution in [3.05, 3.63) is 64.7 Å². The molecule has 0 radical (unpaired) electrons. The van der Waals surface area contributed by atoms with Gasteiger partial charge in [-0.3, -0.25) is 0 Å². The van der Waals surface area contributed by atoms with Gasteiger partial charge < -0.3 is 5.11 Å². The monoisotopic (exact) mass is 345 g/mol. The predicted octanol–water partition coefficient (Wildman–Crippen LogP) is 2.50. The SMILES string of the molecule is Cc1ccc(S(=O)(=O)NC[C@]2(O)CCc3ccccc3C2)c(C)c1. The van der Waals surface area contributed by atoms with E-state index in [0.29, 0.717) is 18.4 Å². The van der Waals surface area contributed by atoms with E-state index in [-0.39, 0.29) is 11.4 Å². The maximum Gasteiger partial charge on any atom is 0.240 e. The Hall–Kier alpha value is -1.69. The highest BCUT2D eigenvalue weighted by Gasteiger charge is 2.33. The van der Waals surface area contributed by atoms with Crippen molar-refractivity contribution in [2.45, 2.75) is 43.6 Å². The quantitative estimate of drug-likeness (QED) is 0.895. The number of hydrogen-bond donors (Lipinski definition) is 2. The highest BCUT2D eigenvalue weighted by molar-refractivity contribution is 7.89.